The Hall–Kier alpha value is -2.87. The fourth-order valence-corrected chi connectivity index (χ4v) is 5.02. The standard InChI is InChI=1S/C24H29N3O4S/c1-4-7-16-9-10-20-19(12-16)25-23(32-20)27-21(13-26(11-6-3)24(27)29)31-22(28)18-15-30-14-17(18)8-5-2/h9-10,12,14-15,21H,4-8,11,13H2,1-3H3. The van der Waals surface area contributed by atoms with E-state index in [0.717, 1.165) is 47.9 Å². The Morgan fingerprint density at radius 3 is 2.75 bits per heavy atom. The Balaban J connectivity index is 1.63. The van der Waals surface area contributed by atoms with Crippen molar-refractivity contribution in [1.82, 2.24) is 9.88 Å². The van der Waals surface area contributed by atoms with Gasteiger partial charge in [0.25, 0.3) is 0 Å². The summed E-state index contributed by atoms with van der Waals surface area (Å²) < 4.78 is 12.1. The fraction of sp³-hybridized carbons (Fsp3) is 0.458. The number of ether oxygens (including phenoxy) is 1. The van der Waals surface area contributed by atoms with E-state index in [1.165, 1.54) is 28.1 Å². The summed E-state index contributed by atoms with van der Waals surface area (Å²) in [5.41, 5.74) is 3.33. The number of furan rings is 1. The minimum Gasteiger partial charge on any atom is -0.471 e. The molecule has 2 amide bonds. The number of carbonyl (C=O) groups excluding carboxylic acids is 2. The third-order valence-corrected chi connectivity index (χ3v) is 6.58. The Kier molecular flexibility index (Phi) is 6.79. The molecule has 7 nitrogen and oxygen atoms in total. The molecule has 1 atom stereocenters. The van der Waals surface area contributed by atoms with Gasteiger partial charge in [0.05, 0.1) is 23.0 Å². The molecule has 4 rings (SSSR count). The van der Waals surface area contributed by atoms with E-state index in [-0.39, 0.29) is 6.03 Å². The van der Waals surface area contributed by atoms with Gasteiger partial charge in [0, 0.05) is 12.1 Å². The topological polar surface area (TPSA) is 75.9 Å². The molecule has 1 aromatic carbocycles. The van der Waals surface area contributed by atoms with Gasteiger partial charge in [0.1, 0.15) is 11.8 Å². The monoisotopic (exact) mass is 455 g/mol. The lowest BCUT2D eigenvalue weighted by Crippen LogP contribution is -2.37. The van der Waals surface area contributed by atoms with Crippen molar-refractivity contribution in [2.24, 2.45) is 0 Å². The second-order valence-electron chi connectivity index (χ2n) is 8.07. The number of fused-ring (bicyclic) bond motifs is 1. The zero-order valence-electron chi connectivity index (χ0n) is 18.8. The third kappa shape index (κ3) is 4.37. The lowest BCUT2D eigenvalue weighted by atomic mass is 10.1. The highest BCUT2D eigenvalue weighted by molar-refractivity contribution is 7.22. The van der Waals surface area contributed by atoms with Gasteiger partial charge in [0.2, 0.25) is 6.23 Å². The Bertz CT molecular complexity index is 1110. The molecule has 0 aliphatic carbocycles. The molecule has 0 spiro atoms. The van der Waals surface area contributed by atoms with Crippen LogP contribution in [0, 0.1) is 0 Å². The molecule has 1 aliphatic rings. The molecule has 170 valence electrons. The number of aryl methyl sites for hydroxylation is 2. The number of hydrogen-bond donors (Lipinski definition) is 0. The molecule has 1 saturated heterocycles. The van der Waals surface area contributed by atoms with Crippen molar-refractivity contribution in [3.8, 4) is 0 Å². The van der Waals surface area contributed by atoms with Gasteiger partial charge >= 0.3 is 12.0 Å². The van der Waals surface area contributed by atoms with Gasteiger partial charge in [-0.3, -0.25) is 0 Å². The Morgan fingerprint density at radius 2 is 2.00 bits per heavy atom. The zero-order chi connectivity index (χ0) is 22.7. The molecule has 3 heterocycles. The van der Waals surface area contributed by atoms with Crippen molar-refractivity contribution in [3.05, 3.63) is 47.4 Å². The first-order valence-corrected chi connectivity index (χ1v) is 12.1. The largest absolute Gasteiger partial charge is 0.471 e. The first-order chi connectivity index (χ1) is 15.5. The van der Waals surface area contributed by atoms with Crippen molar-refractivity contribution in [1.29, 1.82) is 0 Å². The van der Waals surface area contributed by atoms with Crippen LogP contribution in [0.25, 0.3) is 10.2 Å². The molecule has 32 heavy (non-hydrogen) atoms. The van der Waals surface area contributed by atoms with E-state index in [2.05, 4.69) is 25.1 Å². The average molecular weight is 456 g/mol. The molecule has 1 unspecified atom stereocenters. The number of esters is 1. The second kappa shape index (κ2) is 9.73. The van der Waals surface area contributed by atoms with E-state index in [0.29, 0.717) is 23.8 Å². The van der Waals surface area contributed by atoms with Crippen molar-refractivity contribution in [2.75, 3.05) is 18.0 Å². The van der Waals surface area contributed by atoms with Gasteiger partial charge in [-0.15, -0.1) is 0 Å². The van der Waals surface area contributed by atoms with E-state index in [9.17, 15) is 9.59 Å². The first kappa shape index (κ1) is 22.3. The quantitative estimate of drug-likeness (QED) is 0.391. The maximum Gasteiger partial charge on any atom is 0.343 e. The molecule has 1 fully saturated rings. The first-order valence-electron chi connectivity index (χ1n) is 11.3. The Morgan fingerprint density at radius 1 is 1.19 bits per heavy atom. The smallest absolute Gasteiger partial charge is 0.343 e. The van der Waals surface area contributed by atoms with Crippen LogP contribution in [-0.2, 0) is 17.6 Å². The van der Waals surface area contributed by atoms with E-state index >= 15 is 0 Å². The summed E-state index contributed by atoms with van der Waals surface area (Å²) in [7, 11) is 0. The number of thiazole rings is 1. The zero-order valence-corrected chi connectivity index (χ0v) is 19.6. The number of nitrogens with zero attached hydrogens (tertiary/aromatic N) is 3. The highest BCUT2D eigenvalue weighted by Crippen LogP contribution is 2.34. The molecule has 0 radical (unpaired) electrons. The van der Waals surface area contributed by atoms with Crippen LogP contribution in [0.1, 0.15) is 61.5 Å². The van der Waals surface area contributed by atoms with Crippen LogP contribution in [0.5, 0.6) is 0 Å². The molecule has 0 N–H and O–H groups in total. The molecule has 1 aliphatic heterocycles. The normalized spacial score (nSPS) is 16.3. The molecule has 0 saturated carbocycles. The fourth-order valence-electron chi connectivity index (χ4n) is 4.04. The number of carbonyl (C=O) groups is 2. The molecule has 3 aromatic rings. The van der Waals surface area contributed by atoms with Gasteiger partial charge in [-0.05, 0) is 37.0 Å². The van der Waals surface area contributed by atoms with Gasteiger partial charge in [0.15, 0.2) is 5.13 Å². The summed E-state index contributed by atoms with van der Waals surface area (Å²) in [6, 6.07) is 6.05. The van der Waals surface area contributed by atoms with Crippen LogP contribution in [0.3, 0.4) is 0 Å². The number of aromatic nitrogens is 1. The SMILES string of the molecule is CCCc1ccc2sc(N3C(=O)N(CCC)CC3OC(=O)c3cocc3CCC)nc2c1. The van der Waals surface area contributed by atoms with Crippen LogP contribution in [0.15, 0.2) is 35.1 Å². The summed E-state index contributed by atoms with van der Waals surface area (Å²) in [5, 5.41) is 0.552. The van der Waals surface area contributed by atoms with E-state index in [4.69, 9.17) is 14.1 Å². The summed E-state index contributed by atoms with van der Waals surface area (Å²) >= 11 is 1.44. The number of anilines is 1. The third-order valence-electron chi connectivity index (χ3n) is 5.54. The summed E-state index contributed by atoms with van der Waals surface area (Å²) in [5.74, 6) is -0.477. The molecule has 2 aromatic heterocycles. The van der Waals surface area contributed by atoms with E-state index < -0.39 is 12.2 Å². The van der Waals surface area contributed by atoms with Crippen molar-refractivity contribution < 1.29 is 18.7 Å². The molecule has 8 heteroatoms. The van der Waals surface area contributed by atoms with Crippen molar-refractivity contribution >= 4 is 38.7 Å². The highest BCUT2D eigenvalue weighted by Gasteiger charge is 2.42. The van der Waals surface area contributed by atoms with Crippen molar-refractivity contribution in [2.45, 2.75) is 59.1 Å². The van der Waals surface area contributed by atoms with Crippen LogP contribution in [-0.4, -0.2) is 41.2 Å². The second-order valence-corrected chi connectivity index (χ2v) is 9.08. The maximum absolute atomic E-state index is 13.2. The minimum atomic E-state index is -0.735. The van der Waals surface area contributed by atoms with E-state index in [1.54, 1.807) is 11.2 Å². The van der Waals surface area contributed by atoms with Crippen LogP contribution >= 0.6 is 11.3 Å². The van der Waals surface area contributed by atoms with Gasteiger partial charge < -0.3 is 14.1 Å². The number of hydrogen-bond acceptors (Lipinski definition) is 6. The van der Waals surface area contributed by atoms with Crippen LogP contribution in [0.4, 0.5) is 9.93 Å². The van der Waals surface area contributed by atoms with E-state index in [1.807, 2.05) is 13.8 Å². The van der Waals surface area contributed by atoms with Gasteiger partial charge in [-0.2, -0.15) is 0 Å². The number of amides is 2. The summed E-state index contributed by atoms with van der Waals surface area (Å²) in [6.07, 6.45) is 6.77. The molecule has 0 bridgehead atoms. The number of benzene rings is 1. The lowest BCUT2D eigenvalue weighted by molar-refractivity contribution is 0.0324. The number of urea groups is 1. The Labute approximate surface area is 192 Å². The summed E-state index contributed by atoms with van der Waals surface area (Å²) in [4.78, 5) is 34.1. The highest BCUT2D eigenvalue weighted by atomic mass is 32.1. The molecular weight excluding hydrogens is 426 g/mol. The maximum atomic E-state index is 13.2. The van der Waals surface area contributed by atoms with Gasteiger partial charge in [-0.1, -0.05) is 51.0 Å². The average Bonchev–Trinajstić information content (AvgIpc) is 3.46. The van der Waals surface area contributed by atoms with Crippen LogP contribution < -0.4 is 4.90 Å². The van der Waals surface area contributed by atoms with Gasteiger partial charge in [-0.25, -0.2) is 19.5 Å². The predicted octanol–water partition coefficient (Wildman–Crippen LogP) is 5.63. The minimum absolute atomic E-state index is 0.182. The number of rotatable bonds is 9. The van der Waals surface area contributed by atoms with Crippen LogP contribution in [0.2, 0.25) is 0 Å². The van der Waals surface area contributed by atoms with Crippen molar-refractivity contribution in [3.63, 3.8) is 0 Å². The molecular formula is C24H29N3O4S. The summed E-state index contributed by atoms with van der Waals surface area (Å²) in [6.45, 7) is 7.12. The predicted molar refractivity (Wildman–Crippen MR) is 125 cm³/mol. The lowest BCUT2D eigenvalue weighted by Gasteiger charge is -2.20.